The number of benzene rings is 2. The smallest absolute Gasteiger partial charge is 0.293 e. The Morgan fingerprint density at radius 1 is 1.31 bits per heavy atom. The van der Waals surface area contributed by atoms with Gasteiger partial charge in [-0.05, 0) is 50.2 Å². The second-order valence-corrected chi connectivity index (χ2v) is 6.54. The van der Waals surface area contributed by atoms with Gasteiger partial charge in [0.2, 0.25) is 5.91 Å². The van der Waals surface area contributed by atoms with Gasteiger partial charge in [-0.25, -0.2) is 4.39 Å². The summed E-state index contributed by atoms with van der Waals surface area (Å²) in [5.74, 6) is -0.888. The predicted molar refractivity (Wildman–Crippen MR) is 98.9 cm³/mol. The van der Waals surface area contributed by atoms with Crippen LogP contribution in [0.5, 0.6) is 0 Å². The summed E-state index contributed by atoms with van der Waals surface area (Å²) in [4.78, 5) is 24.5. The van der Waals surface area contributed by atoms with E-state index in [0.29, 0.717) is 5.56 Å². The van der Waals surface area contributed by atoms with Crippen molar-refractivity contribution in [2.45, 2.75) is 20.4 Å². The van der Waals surface area contributed by atoms with Crippen LogP contribution in [0.25, 0.3) is 0 Å². The zero-order valence-corrected chi connectivity index (χ0v) is 15.4. The van der Waals surface area contributed by atoms with Crippen molar-refractivity contribution in [3.63, 3.8) is 0 Å². The first kappa shape index (κ1) is 19.8. The number of nitrogens with one attached hydrogen (secondary N) is 1. The first-order valence-corrected chi connectivity index (χ1v) is 8.23. The third kappa shape index (κ3) is 4.77. The van der Waals surface area contributed by atoms with Gasteiger partial charge in [0.05, 0.1) is 11.5 Å². The van der Waals surface area contributed by atoms with Crippen molar-refractivity contribution >= 4 is 28.9 Å². The van der Waals surface area contributed by atoms with E-state index in [2.05, 4.69) is 5.32 Å². The number of rotatable bonds is 6. The van der Waals surface area contributed by atoms with Gasteiger partial charge in [0.15, 0.2) is 0 Å². The highest BCUT2D eigenvalue weighted by atomic mass is 35.5. The Bertz CT molecular complexity index is 838. The topological polar surface area (TPSA) is 75.5 Å². The second kappa shape index (κ2) is 8.25. The lowest BCUT2D eigenvalue weighted by atomic mass is 10.1. The first-order chi connectivity index (χ1) is 12.2. The third-order valence-electron chi connectivity index (χ3n) is 3.99. The maximum absolute atomic E-state index is 13.8. The van der Waals surface area contributed by atoms with Crippen molar-refractivity contribution < 1.29 is 14.1 Å². The molecule has 26 heavy (non-hydrogen) atoms. The number of carbonyl (C=O) groups excluding carboxylic acids is 1. The number of amides is 1. The first-order valence-electron chi connectivity index (χ1n) is 7.86. The normalized spacial score (nSPS) is 10.8. The number of nitrogens with zero attached hydrogens (tertiary/aromatic N) is 2. The van der Waals surface area contributed by atoms with E-state index in [9.17, 15) is 19.3 Å². The Balaban J connectivity index is 2.09. The summed E-state index contributed by atoms with van der Waals surface area (Å²) >= 11 is 5.99. The number of hydrogen-bond donors (Lipinski definition) is 1. The molecule has 0 saturated heterocycles. The average Bonchev–Trinajstić information content (AvgIpc) is 2.54. The van der Waals surface area contributed by atoms with E-state index in [1.165, 1.54) is 18.2 Å². The minimum Gasteiger partial charge on any atom is -0.319 e. The molecule has 0 heterocycles. The van der Waals surface area contributed by atoms with Crippen LogP contribution in [-0.2, 0) is 11.3 Å². The highest BCUT2D eigenvalue weighted by Gasteiger charge is 2.19. The summed E-state index contributed by atoms with van der Waals surface area (Å²) in [6, 6.07) is 7.37. The quantitative estimate of drug-likeness (QED) is 0.606. The molecule has 1 amide bonds. The van der Waals surface area contributed by atoms with Gasteiger partial charge in [-0.15, -0.1) is 0 Å². The molecule has 8 heteroatoms. The molecule has 138 valence electrons. The zero-order valence-electron chi connectivity index (χ0n) is 14.7. The van der Waals surface area contributed by atoms with Crippen molar-refractivity contribution in [1.29, 1.82) is 0 Å². The molecule has 1 N–H and O–H groups in total. The van der Waals surface area contributed by atoms with E-state index < -0.39 is 16.6 Å². The summed E-state index contributed by atoms with van der Waals surface area (Å²) in [7, 11) is 1.64. The highest BCUT2D eigenvalue weighted by Crippen LogP contribution is 2.28. The minimum absolute atomic E-state index is 0.0747. The van der Waals surface area contributed by atoms with E-state index in [4.69, 9.17) is 11.6 Å². The van der Waals surface area contributed by atoms with E-state index >= 15 is 0 Å². The fourth-order valence-electron chi connectivity index (χ4n) is 2.50. The lowest BCUT2D eigenvalue weighted by Gasteiger charge is -2.18. The number of hydrogen-bond acceptors (Lipinski definition) is 4. The molecule has 0 aliphatic carbocycles. The van der Waals surface area contributed by atoms with Gasteiger partial charge in [-0.3, -0.25) is 19.8 Å². The molecular formula is C18H19ClFN3O3. The Hall–Kier alpha value is -2.51. The third-order valence-corrected chi connectivity index (χ3v) is 4.34. The number of likely N-dealkylation sites (N-methyl/N-ethyl adjacent to an activating group) is 1. The average molecular weight is 380 g/mol. The molecule has 6 nitrogen and oxygen atoms in total. The molecule has 0 aliphatic rings. The van der Waals surface area contributed by atoms with Crippen LogP contribution in [0.1, 0.15) is 16.7 Å². The molecule has 2 rings (SSSR count). The second-order valence-electron chi connectivity index (χ2n) is 6.13. The molecule has 2 aromatic rings. The van der Waals surface area contributed by atoms with Crippen molar-refractivity contribution in [2.24, 2.45) is 0 Å². The van der Waals surface area contributed by atoms with Crippen LogP contribution in [0.15, 0.2) is 30.3 Å². The van der Waals surface area contributed by atoms with Crippen LogP contribution < -0.4 is 5.32 Å². The molecule has 0 unspecified atom stereocenters. The molecule has 0 fully saturated rings. The van der Waals surface area contributed by atoms with Crippen LogP contribution in [-0.4, -0.2) is 29.3 Å². The van der Waals surface area contributed by atoms with Crippen molar-refractivity contribution in [3.05, 3.63) is 68.0 Å². The molecule has 0 spiro atoms. The maximum Gasteiger partial charge on any atom is 0.293 e. The number of halogens is 2. The van der Waals surface area contributed by atoms with E-state index in [0.717, 1.165) is 11.1 Å². The molecule has 0 bridgehead atoms. The molecule has 0 radical (unpaired) electrons. The van der Waals surface area contributed by atoms with Crippen LogP contribution in [0.3, 0.4) is 0 Å². The van der Waals surface area contributed by atoms with Gasteiger partial charge >= 0.3 is 0 Å². The molecule has 0 aliphatic heterocycles. The van der Waals surface area contributed by atoms with Crippen LogP contribution in [0.2, 0.25) is 5.02 Å². The summed E-state index contributed by atoms with van der Waals surface area (Å²) in [5.41, 5.74) is 1.86. The number of nitro benzene ring substituents is 1. The monoisotopic (exact) mass is 379 g/mol. The van der Waals surface area contributed by atoms with E-state index in [1.54, 1.807) is 37.9 Å². The van der Waals surface area contributed by atoms with Gasteiger partial charge < -0.3 is 5.32 Å². The molecule has 0 saturated carbocycles. The minimum atomic E-state index is -0.537. The standard InChI is InChI=1S/C18H19ClFN3O3/c1-11-7-16(17(23(25)26)8-12(11)2)21-18(24)10-22(3)9-13-14(19)5-4-6-15(13)20/h4-8H,9-10H2,1-3H3,(H,21,24). The van der Waals surface area contributed by atoms with Crippen molar-refractivity contribution in [2.75, 3.05) is 18.9 Å². The van der Waals surface area contributed by atoms with Gasteiger partial charge in [0.25, 0.3) is 5.69 Å². The largest absolute Gasteiger partial charge is 0.319 e. The highest BCUT2D eigenvalue weighted by molar-refractivity contribution is 6.31. The van der Waals surface area contributed by atoms with Gasteiger partial charge in [0.1, 0.15) is 11.5 Å². The fraction of sp³-hybridized carbons (Fsp3) is 0.278. The Morgan fingerprint density at radius 2 is 1.96 bits per heavy atom. The van der Waals surface area contributed by atoms with E-state index in [1.807, 2.05) is 0 Å². The summed E-state index contributed by atoms with van der Waals surface area (Å²) < 4.78 is 13.8. The van der Waals surface area contributed by atoms with Gasteiger partial charge in [0, 0.05) is 23.2 Å². The van der Waals surface area contributed by atoms with Gasteiger partial charge in [-0.2, -0.15) is 0 Å². The summed E-state index contributed by atoms with van der Waals surface area (Å²) in [6.45, 7) is 3.63. The fourth-order valence-corrected chi connectivity index (χ4v) is 2.72. The SMILES string of the molecule is Cc1cc(NC(=O)CN(C)Cc2c(F)cccc2Cl)c([N+](=O)[O-])cc1C. The molecular weight excluding hydrogens is 361 g/mol. The lowest BCUT2D eigenvalue weighted by Crippen LogP contribution is -2.30. The van der Waals surface area contributed by atoms with E-state index in [-0.39, 0.29) is 29.5 Å². The number of nitro groups is 1. The molecule has 2 aromatic carbocycles. The lowest BCUT2D eigenvalue weighted by molar-refractivity contribution is -0.384. The molecule has 0 atom stereocenters. The van der Waals surface area contributed by atoms with Crippen molar-refractivity contribution in [3.8, 4) is 0 Å². The Morgan fingerprint density at radius 3 is 2.58 bits per heavy atom. The predicted octanol–water partition coefficient (Wildman–Crippen LogP) is 4.07. The number of anilines is 1. The van der Waals surface area contributed by atoms with Crippen LogP contribution >= 0.6 is 11.6 Å². The Labute approximate surface area is 155 Å². The number of aryl methyl sites for hydroxylation is 2. The number of carbonyl (C=O) groups is 1. The Kier molecular flexibility index (Phi) is 6.28. The molecule has 0 aromatic heterocycles. The maximum atomic E-state index is 13.8. The van der Waals surface area contributed by atoms with Crippen molar-refractivity contribution in [1.82, 2.24) is 4.90 Å². The van der Waals surface area contributed by atoms with Crippen LogP contribution in [0, 0.1) is 29.8 Å². The summed E-state index contributed by atoms with van der Waals surface area (Å²) in [6.07, 6.45) is 0. The summed E-state index contributed by atoms with van der Waals surface area (Å²) in [5, 5.41) is 14.0. The van der Waals surface area contributed by atoms with Crippen LogP contribution in [0.4, 0.5) is 15.8 Å². The van der Waals surface area contributed by atoms with Gasteiger partial charge in [-0.1, -0.05) is 17.7 Å². The zero-order chi connectivity index (χ0) is 19.4.